The summed E-state index contributed by atoms with van der Waals surface area (Å²) in [6, 6.07) is 16.2. The molecular weight excluding hydrogens is 360 g/mol. The molecule has 0 aliphatic carbocycles. The van der Waals surface area contributed by atoms with E-state index in [9.17, 15) is 4.79 Å². The highest BCUT2D eigenvalue weighted by atomic mass is 32.2. The first-order valence-corrected chi connectivity index (χ1v) is 10.8. The summed E-state index contributed by atoms with van der Waals surface area (Å²) >= 11 is 3.42. The number of nitrogens with zero attached hydrogens (tertiary/aromatic N) is 1. The molecule has 0 saturated carbocycles. The van der Waals surface area contributed by atoms with Crippen LogP contribution in [0.4, 0.5) is 0 Å². The Labute approximate surface area is 162 Å². The number of aryl methyl sites for hydroxylation is 1. The third kappa shape index (κ3) is 4.96. The normalized spacial score (nSPS) is 10.7. The Bertz CT molecular complexity index is 854. The van der Waals surface area contributed by atoms with E-state index in [1.165, 1.54) is 11.1 Å². The minimum Gasteiger partial charge on any atom is -0.352 e. The predicted molar refractivity (Wildman–Crippen MR) is 112 cm³/mol. The molecule has 1 N–H and O–H groups in total. The van der Waals surface area contributed by atoms with E-state index in [1.807, 2.05) is 24.3 Å². The topological polar surface area (TPSA) is 42.0 Å². The van der Waals surface area contributed by atoms with Crippen LogP contribution in [0, 0.1) is 6.92 Å². The smallest absolute Gasteiger partial charge is 0.251 e. The molecule has 1 aromatic heterocycles. The molecule has 134 valence electrons. The van der Waals surface area contributed by atoms with Gasteiger partial charge in [0.1, 0.15) is 5.01 Å². The molecular formula is C21H22N2OS2. The van der Waals surface area contributed by atoms with E-state index in [1.54, 1.807) is 23.1 Å². The first-order valence-electron chi connectivity index (χ1n) is 8.53. The number of nitrogens with one attached hydrogen (secondary N) is 1. The Balaban J connectivity index is 1.51. The van der Waals surface area contributed by atoms with Crippen LogP contribution in [0.1, 0.15) is 27.2 Å². The van der Waals surface area contributed by atoms with E-state index in [-0.39, 0.29) is 5.91 Å². The van der Waals surface area contributed by atoms with Crippen molar-refractivity contribution in [2.45, 2.75) is 19.1 Å². The van der Waals surface area contributed by atoms with Crippen LogP contribution in [0.3, 0.4) is 0 Å². The van der Waals surface area contributed by atoms with E-state index < -0.39 is 0 Å². The van der Waals surface area contributed by atoms with Gasteiger partial charge in [-0.1, -0.05) is 42.0 Å². The SMILES string of the molecule is CSCc1ccc(C(=O)NCCc2csc(-c3ccc(C)cc3)n2)cc1. The van der Waals surface area contributed by atoms with Gasteiger partial charge in [0.25, 0.3) is 5.91 Å². The van der Waals surface area contributed by atoms with Gasteiger partial charge in [0, 0.05) is 35.2 Å². The average molecular weight is 383 g/mol. The zero-order chi connectivity index (χ0) is 18.4. The van der Waals surface area contributed by atoms with Crippen LogP contribution in [0.15, 0.2) is 53.9 Å². The molecule has 3 rings (SSSR count). The Hall–Kier alpha value is -2.11. The van der Waals surface area contributed by atoms with E-state index in [4.69, 9.17) is 0 Å². The lowest BCUT2D eigenvalue weighted by molar-refractivity contribution is 0.0954. The van der Waals surface area contributed by atoms with E-state index in [0.717, 1.165) is 28.4 Å². The molecule has 3 aromatic rings. The van der Waals surface area contributed by atoms with Crippen LogP contribution in [-0.2, 0) is 12.2 Å². The van der Waals surface area contributed by atoms with Gasteiger partial charge in [-0.25, -0.2) is 4.98 Å². The predicted octanol–water partition coefficient (Wildman–Crippen LogP) is 4.95. The van der Waals surface area contributed by atoms with Gasteiger partial charge in [-0.15, -0.1) is 11.3 Å². The molecule has 26 heavy (non-hydrogen) atoms. The summed E-state index contributed by atoms with van der Waals surface area (Å²) in [7, 11) is 0. The minimum absolute atomic E-state index is 0.0327. The van der Waals surface area contributed by atoms with Gasteiger partial charge in [-0.3, -0.25) is 4.79 Å². The quantitative estimate of drug-likeness (QED) is 0.628. The molecule has 0 aliphatic rings. The minimum atomic E-state index is -0.0327. The number of thioether (sulfide) groups is 1. The first kappa shape index (κ1) is 18.7. The highest BCUT2D eigenvalue weighted by Gasteiger charge is 2.07. The molecule has 0 aliphatic heterocycles. The van der Waals surface area contributed by atoms with Crippen molar-refractivity contribution in [3.05, 3.63) is 76.3 Å². The van der Waals surface area contributed by atoms with Crippen molar-refractivity contribution in [2.24, 2.45) is 0 Å². The zero-order valence-corrected chi connectivity index (χ0v) is 16.6. The Morgan fingerprint density at radius 3 is 2.54 bits per heavy atom. The van der Waals surface area contributed by atoms with Crippen molar-refractivity contribution in [3.8, 4) is 10.6 Å². The number of thiazole rings is 1. The standard InChI is InChI=1S/C21H22N2OS2/c1-15-3-7-18(8-4-15)21-23-19(14-26-21)11-12-22-20(24)17-9-5-16(6-10-17)13-25-2/h3-10,14H,11-13H2,1-2H3,(H,22,24). The van der Waals surface area contributed by atoms with Crippen LogP contribution in [0.25, 0.3) is 10.6 Å². The lowest BCUT2D eigenvalue weighted by Gasteiger charge is -2.05. The fourth-order valence-electron chi connectivity index (χ4n) is 2.58. The van der Waals surface area contributed by atoms with E-state index >= 15 is 0 Å². The Morgan fingerprint density at radius 2 is 1.85 bits per heavy atom. The molecule has 0 radical (unpaired) electrons. The number of amides is 1. The third-order valence-corrected chi connectivity index (χ3v) is 5.61. The average Bonchev–Trinajstić information content (AvgIpc) is 3.12. The number of carbonyl (C=O) groups is 1. The molecule has 0 saturated heterocycles. The van der Waals surface area contributed by atoms with Crippen molar-refractivity contribution in [3.63, 3.8) is 0 Å². The number of rotatable bonds is 7. The fourth-order valence-corrected chi connectivity index (χ4v) is 3.96. The second-order valence-electron chi connectivity index (χ2n) is 6.15. The lowest BCUT2D eigenvalue weighted by atomic mass is 10.1. The van der Waals surface area contributed by atoms with E-state index in [2.05, 4.69) is 53.1 Å². The summed E-state index contributed by atoms with van der Waals surface area (Å²) in [4.78, 5) is 16.9. The monoisotopic (exact) mass is 382 g/mol. The maximum Gasteiger partial charge on any atom is 0.251 e. The molecule has 5 heteroatoms. The van der Waals surface area contributed by atoms with Crippen molar-refractivity contribution in [1.82, 2.24) is 10.3 Å². The number of hydrogen-bond acceptors (Lipinski definition) is 4. The van der Waals surface area contributed by atoms with E-state index in [0.29, 0.717) is 12.1 Å². The summed E-state index contributed by atoms with van der Waals surface area (Å²) in [6.45, 7) is 2.67. The molecule has 0 bridgehead atoms. The Morgan fingerprint density at radius 1 is 1.12 bits per heavy atom. The second-order valence-corrected chi connectivity index (χ2v) is 7.87. The number of aromatic nitrogens is 1. The maximum atomic E-state index is 12.2. The Kier molecular flexibility index (Phi) is 6.47. The maximum absolute atomic E-state index is 12.2. The summed E-state index contributed by atoms with van der Waals surface area (Å²) < 4.78 is 0. The molecule has 0 atom stereocenters. The number of carbonyl (C=O) groups excluding carboxylic acids is 1. The molecule has 3 nitrogen and oxygen atoms in total. The van der Waals surface area contributed by atoms with Crippen molar-refractivity contribution >= 4 is 29.0 Å². The van der Waals surface area contributed by atoms with Crippen LogP contribution < -0.4 is 5.32 Å². The summed E-state index contributed by atoms with van der Waals surface area (Å²) in [5.41, 5.74) is 5.34. The third-order valence-electron chi connectivity index (χ3n) is 4.04. The van der Waals surface area contributed by atoms with Gasteiger partial charge < -0.3 is 5.32 Å². The molecule has 0 spiro atoms. The highest BCUT2D eigenvalue weighted by molar-refractivity contribution is 7.97. The molecule has 2 aromatic carbocycles. The molecule has 1 heterocycles. The number of benzene rings is 2. The van der Waals surface area contributed by atoms with Gasteiger partial charge in [-0.2, -0.15) is 11.8 Å². The van der Waals surface area contributed by atoms with Gasteiger partial charge in [0.05, 0.1) is 5.69 Å². The summed E-state index contributed by atoms with van der Waals surface area (Å²) in [5.74, 6) is 0.935. The van der Waals surface area contributed by atoms with Crippen molar-refractivity contribution < 1.29 is 4.79 Å². The van der Waals surface area contributed by atoms with Crippen molar-refractivity contribution in [2.75, 3.05) is 12.8 Å². The number of hydrogen-bond donors (Lipinski definition) is 1. The van der Waals surface area contributed by atoms with Crippen LogP contribution in [0.5, 0.6) is 0 Å². The summed E-state index contributed by atoms with van der Waals surface area (Å²) in [5, 5.41) is 6.07. The molecule has 0 unspecified atom stereocenters. The van der Waals surface area contributed by atoms with Gasteiger partial charge >= 0.3 is 0 Å². The van der Waals surface area contributed by atoms with Crippen LogP contribution in [-0.4, -0.2) is 23.7 Å². The second kappa shape index (κ2) is 9.01. The zero-order valence-electron chi connectivity index (χ0n) is 15.0. The van der Waals surface area contributed by atoms with Crippen LogP contribution in [0.2, 0.25) is 0 Å². The summed E-state index contributed by atoms with van der Waals surface area (Å²) in [6.07, 6.45) is 2.81. The fraction of sp³-hybridized carbons (Fsp3) is 0.238. The van der Waals surface area contributed by atoms with Gasteiger partial charge in [0.2, 0.25) is 0 Å². The highest BCUT2D eigenvalue weighted by Crippen LogP contribution is 2.24. The van der Waals surface area contributed by atoms with Crippen LogP contribution >= 0.6 is 23.1 Å². The van der Waals surface area contributed by atoms with Gasteiger partial charge in [0.15, 0.2) is 0 Å². The van der Waals surface area contributed by atoms with Crippen molar-refractivity contribution in [1.29, 1.82) is 0 Å². The molecule has 0 fully saturated rings. The largest absolute Gasteiger partial charge is 0.352 e. The lowest BCUT2D eigenvalue weighted by Crippen LogP contribution is -2.25. The first-order chi connectivity index (χ1) is 12.7. The molecule has 1 amide bonds. The van der Waals surface area contributed by atoms with Gasteiger partial charge in [-0.05, 0) is 30.9 Å².